The van der Waals surface area contributed by atoms with Crippen LogP contribution < -0.4 is 5.73 Å². The molecule has 96 valence electrons. The van der Waals surface area contributed by atoms with Crippen LogP contribution in [0.2, 0.25) is 0 Å². The van der Waals surface area contributed by atoms with Crippen molar-refractivity contribution in [2.24, 2.45) is 7.05 Å². The lowest BCUT2D eigenvalue weighted by molar-refractivity contribution is 0.629. The molecule has 0 unspecified atom stereocenters. The van der Waals surface area contributed by atoms with E-state index in [1.54, 1.807) is 12.1 Å². The minimum Gasteiger partial charge on any atom is -0.398 e. The molecule has 0 atom stereocenters. The zero-order valence-electron chi connectivity index (χ0n) is 10.8. The second kappa shape index (κ2) is 4.09. The average Bonchev–Trinajstić information content (AvgIpc) is 2.66. The molecule has 19 heavy (non-hydrogen) atoms. The van der Waals surface area contributed by atoms with Gasteiger partial charge in [0.2, 0.25) is 0 Å². The molecule has 0 bridgehead atoms. The third-order valence-electron chi connectivity index (χ3n) is 3.31. The SMILES string of the molecule is Cc1ccc2c(c1)nc(-c1c(N)cccc1F)n2C. The molecule has 0 aliphatic rings. The Morgan fingerprint density at radius 2 is 2.00 bits per heavy atom. The first-order chi connectivity index (χ1) is 9.08. The van der Waals surface area contributed by atoms with E-state index in [0.717, 1.165) is 16.6 Å². The predicted octanol–water partition coefficient (Wildman–Crippen LogP) is 3.27. The molecule has 2 N–H and O–H groups in total. The van der Waals surface area contributed by atoms with Crippen molar-refractivity contribution < 1.29 is 4.39 Å². The minimum atomic E-state index is -0.352. The molecular formula is C15H14FN3. The summed E-state index contributed by atoms with van der Waals surface area (Å²) in [7, 11) is 1.87. The van der Waals surface area contributed by atoms with Gasteiger partial charge in [-0.05, 0) is 36.8 Å². The first-order valence-electron chi connectivity index (χ1n) is 6.05. The summed E-state index contributed by atoms with van der Waals surface area (Å²) in [4.78, 5) is 4.51. The van der Waals surface area contributed by atoms with Crippen molar-refractivity contribution in [3.05, 3.63) is 47.8 Å². The highest BCUT2D eigenvalue weighted by Gasteiger charge is 2.16. The van der Waals surface area contributed by atoms with Gasteiger partial charge in [-0.2, -0.15) is 0 Å². The number of anilines is 1. The van der Waals surface area contributed by atoms with Crippen LogP contribution in [0.25, 0.3) is 22.4 Å². The van der Waals surface area contributed by atoms with Gasteiger partial charge in [-0.25, -0.2) is 9.37 Å². The number of nitrogen functional groups attached to an aromatic ring is 1. The van der Waals surface area contributed by atoms with Crippen LogP contribution in [-0.4, -0.2) is 9.55 Å². The summed E-state index contributed by atoms with van der Waals surface area (Å²) in [6.45, 7) is 2.01. The van der Waals surface area contributed by atoms with E-state index >= 15 is 0 Å². The van der Waals surface area contributed by atoms with Gasteiger partial charge in [-0.1, -0.05) is 12.1 Å². The van der Waals surface area contributed by atoms with E-state index in [-0.39, 0.29) is 5.82 Å². The highest BCUT2D eigenvalue weighted by Crippen LogP contribution is 2.30. The van der Waals surface area contributed by atoms with Crippen molar-refractivity contribution in [3.8, 4) is 11.4 Å². The second-order valence-electron chi connectivity index (χ2n) is 4.69. The first-order valence-corrected chi connectivity index (χ1v) is 6.05. The fraction of sp³-hybridized carbons (Fsp3) is 0.133. The maximum atomic E-state index is 14.0. The summed E-state index contributed by atoms with van der Waals surface area (Å²) in [6.07, 6.45) is 0. The summed E-state index contributed by atoms with van der Waals surface area (Å²) in [6, 6.07) is 10.7. The van der Waals surface area contributed by atoms with Crippen LogP contribution in [-0.2, 0) is 7.05 Å². The van der Waals surface area contributed by atoms with E-state index in [1.165, 1.54) is 6.07 Å². The topological polar surface area (TPSA) is 43.8 Å². The molecule has 0 spiro atoms. The number of aromatic nitrogens is 2. The molecule has 0 saturated carbocycles. The quantitative estimate of drug-likeness (QED) is 0.678. The number of benzene rings is 2. The second-order valence-corrected chi connectivity index (χ2v) is 4.69. The summed E-state index contributed by atoms with van der Waals surface area (Å²) in [5, 5.41) is 0. The maximum absolute atomic E-state index is 14.0. The van der Waals surface area contributed by atoms with Crippen LogP contribution in [0.1, 0.15) is 5.56 Å². The van der Waals surface area contributed by atoms with E-state index in [1.807, 2.05) is 36.7 Å². The Morgan fingerprint density at radius 3 is 2.74 bits per heavy atom. The number of nitrogens with two attached hydrogens (primary N) is 1. The highest BCUT2D eigenvalue weighted by molar-refractivity contribution is 5.84. The van der Waals surface area contributed by atoms with E-state index in [2.05, 4.69) is 4.98 Å². The molecule has 3 nitrogen and oxygen atoms in total. The van der Waals surface area contributed by atoms with E-state index in [9.17, 15) is 4.39 Å². The number of halogens is 1. The van der Waals surface area contributed by atoms with Gasteiger partial charge in [0.1, 0.15) is 11.6 Å². The molecule has 0 fully saturated rings. The molecule has 3 aromatic rings. The largest absolute Gasteiger partial charge is 0.398 e. The number of nitrogens with zero attached hydrogens (tertiary/aromatic N) is 2. The van der Waals surface area contributed by atoms with Gasteiger partial charge in [-0.15, -0.1) is 0 Å². The summed E-state index contributed by atoms with van der Waals surface area (Å²) in [5.41, 5.74) is 9.57. The maximum Gasteiger partial charge on any atom is 0.145 e. The van der Waals surface area contributed by atoms with E-state index in [4.69, 9.17) is 5.73 Å². The molecular weight excluding hydrogens is 241 g/mol. The summed E-state index contributed by atoms with van der Waals surface area (Å²) >= 11 is 0. The normalized spacial score (nSPS) is 11.1. The van der Waals surface area contributed by atoms with Crippen LogP contribution in [0, 0.1) is 12.7 Å². The van der Waals surface area contributed by atoms with E-state index < -0.39 is 0 Å². The van der Waals surface area contributed by atoms with Crippen LogP contribution in [0.5, 0.6) is 0 Å². The van der Waals surface area contributed by atoms with Crippen LogP contribution in [0.4, 0.5) is 10.1 Å². The zero-order chi connectivity index (χ0) is 13.6. The Morgan fingerprint density at radius 1 is 1.21 bits per heavy atom. The smallest absolute Gasteiger partial charge is 0.145 e. The zero-order valence-corrected chi connectivity index (χ0v) is 10.8. The molecule has 0 aliphatic carbocycles. The lowest BCUT2D eigenvalue weighted by Crippen LogP contribution is -1.99. The van der Waals surface area contributed by atoms with E-state index in [0.29, 0.717) is 17.1 Å². The van der Waals surface area contributed by atoms with Gasteiger partial charge in [0.25, 0.3) is 0 Å². The fourth-order valence-electron chi connectivity index (χ4n) is 2.31. The molecule has 0 radical (unpaired) electrons. The Balaban J connectivity index is 2.34. The molecule has 3 rings (SSSR count). The van der Waals surface area contributed by atoms with Crippen LogP contribution >= 0.6 is 0 Å². The van der Waals surface area contributed by atoms with Crippen molar-refractivity contribution in [1.29, 1.82) is 0 Å². The van der Waals surface area contributed by atoms with Crippen molar-refractivity contribution in [2.45, 2.75) is 6.92 Å². The molecule has 4 heteroatoms. The molecule has 2 aromatic carbocycles. The molecule has 1 heterocycles. The predicted molar refractivity (Wildman–Crippen MR) is 75.3 cm³/mol. The number of rotatable bonds is 1. The van der Waals surface area contributed by atoms with Crippen LogP contribution in [0.15, 0.2) is 36.4 Å². The average molecular weight is 255 g/mol. The summed E-state index contributed by atoms with van der Waals surface area (Å²) < 4.78 is 15.9. The van der Waals surface area contributed by atoms with Crippen LogP contribution in [0.3, 0.4) is 0 Å². The van der Waals surface area contributed by atoms with Gasteiger partial charge in [0.15, 0.2) is 0 Å². The van der Waals surface area contributed by atoms with Gasteiger partial charge in [0.05, 0.1) is 16.6 Å². The van der Waals surface area contributed by atoms with Gasteiger partial charge in [0, 0.05) is 12.7 Å². The minimum absolute atomic E-state index is 0.352. The Labute approximate surface area is 110 Å². The Kier molecular flexibility index (Phi) is 2.52. The van der Waals surface area contributed by atoms with Crippen molar-refractivity contribution in [3.63, 3.8) is 0 Å². The standard InChI is InChI=1S/C15H14FN3/c1-9-6-7-13-12(8-9)18-15(19(13)2)14-10(16)4-3-5-11(14)17/h3-8H,17H2,1-2H3. The van der Waals surface area contributed by atoms with Crippen molar-refractivity contribution >= 4 is 16.7 Å². The van der Waals surface area contributed by atoms with Gasteiger partial charge in [-0.3, -0.25) is 0 Å². The molecule has 0 aliphatic heterocycles. The Bertz CT molecular complexity index is 754. The third kappa shape index (κ3) is 1.76. The number of imidazole rings is 1. The number of fused-ring (bicyclic) bond motifs is 1. The van der Waals surface area contributed by atoms with Crippen molar-refractivity contribution in [1.82, 2.24) is 9.55 Å². The lowest BCUT2D eigenvalue weighted by Gasteiger charge is -2.06. The Hall–Kier alpha value is -2.36. The third-order valence-corrected chi connectivity index (χ3v) is 3.31. The monoisotopic (exact) mass is 255 g/mol. The number of aryl methyl sites for hydroxylation is 2. The molecule has 1 aromatic heterocycles. The number of hydrogen-bond donors (Lipinski definition) is 1. The first kappa shape index (κ1) is 11.7. The number of hydrogen-bond acceptors (Lipinski definition) is 2. The lowest BCUT2D eigenvalue weighted by atomic mass is 10.1. The van der Waals surface area contributed by atoms with Gasteiger partial charge >= 0.3 is 0 Å². The summed E-state index contributed by atoms with van der Waals surface area (Å²) in [5.74, 6) is 0.200. The highest BCUT2D eigenvalue weighted by atomic mass is 19.1. The van der Waals surface area contributed by atoms with Crippen molar-refractivity contribution in [2.75, 3.05) is 5.73 Å². The van der Waals surface area contributed by atoms with Gasteiger partial charge < -0.3 is 10.3 Å². The molecule has 0 saturated heterocycles. The molecule has 0 amide bonds. The fourth-order valence-corrected chi connectivity index (χ4v) is 2.31.